The fourth-order valence-electron chi connectivity index (χ4n) is 3.04. The maximum Gasteiger partial charge on any atom is 0.251 e. The van der Waals surface area contributed by atoms with Crippen molar-refractivity contribution in [2.24, 2.45) is 5.92 Å². The van der Waals surface area contributed by atoms with Crippen molar-refractivity contribution < 1.29 is 9.53 Å². The van der Waals surface area contributed by atoms with Crippen LogP contribution in [0.4, 0.5) is 0 Å². The molecule has 126 valence electrons. The number of nitrogens with one attached hydrogen (secondary N) is 1. The molecule has 0 saturated heterocycles. The van der Waals surface area contributed by atoms with Crippen LogP contribution in [0.2, 0.25) is 0 Å². The molecular weight excluding hydrogens is 304 g/mol. The van der Waals surface area contributed by atoms with E-state index in [0.29, 0.717) is 5.56 Å². The number of carbonyl (C=O) groups excluding carboxylic acids is 1. The van der Waals surface area contributed by atoms with Crippen LogP contribution in [0.15, 0.2) is 24.3 Å². The van der Waals surface area contributed by atoms with Crippen LogP contribution in [0.3, 0.4) is 0 Å². The molecule has 1 amide bonds. The Kier molecular flexibility index (Phi) is 3.96. The molecule has 4 rings (SSSR count). The molecule has 1 aromatic carbocycles. The fourth-order valence-corrected chi connectivity index (χ4v) is 3.04. The summed E-state index contributed by atoms with van der Waals surface area (Å²) in [5, 5.41) is 11.4. The van der Waals surface area contributed by atoms with Gasteiger partial charge in [-0.05, 0) is 56.4 Å². The van der Waals surface area contributed by atoms with E-state index in [2.05, 4.69) is 20.1 Å². The number of carbonyl (C=O) groups is 1. The molecule has 6 nitrogen and oxygen atoms in total. The highest BCUT2D eigenvalue weighted by Crippen LogP contribution is 2.29. The number of aromatic nitrogens is 3. The number of amides is 1. The summed E-state index contributed by atoms with van der Waals surface area (Å²) in [4.78, 5) is 12.4. The van der Waals surface area contributed by atoms with E-state index in [9.17, 15) is 4.79 Å². The van der Waals surface area contributed by atoms with Gasteiger partial charge in [-0.15, -0.1) is 10.2 Å². The van der Waals surface area contributed by atoms with Crippen LogP contribution < -0.4 is 10.1 Å². The average Bonchev–Trinajstić information content (AvgIpc) is 3.14. The van der Waals surface area contributed by atoms with E-state index in [0.717, 1.165) is 49.3 Å². The third-order valence-corrected chi connectivity index (χ3v) is 4.67. The van der Waals surface area contributed by atoms with Crippen molar-refractivity contribution in [1.29, 1.82) is 0 Å². The summed E-state index contributed by atoms with van der Waals surface area (Å²) in [5.74, 6) is 3.29. The molecule has 2 heterocycles. The second kappa shape index (κ2) is 6.26. The number of fused-ring (bicyclic) bond motifs is 1. The van der Waals surface area contributed by atoms with E-state index in [4.69, 9.17) is 4.74 Å². The Balaban J connectivity index is 1.37. The van der Waals surface area contributed by atoms with Gasteiger partial charge in [0.2, 0.25) is 0 Å². The minimum atomic E-state index is -0.164. The largest absolute Gasteiger partial charge is 0.493 e. The lowest BCUT2D eigenvalue weighted by Gasteiger charge is -2.14. The van der Waals surface area contributed by atoms with Gasteiger partial charge in [-0.2, -0.15) is 0 Å². The lowest BCUT2D eigenvalue weighted by molar-refractivity contribution is 0.0937. The number of nitrogens with zero attached hydrogens (tertiary/aromatic N) is 3. The summed E-state index contributed by atoms with van der Waals surface area (Å²) in [7, 11) is 0. The quantitative estimate of drug-likeness (QED) is 0.885. The van der Waals surface area contributed by atoms with Crippen molar-refractivity contribution in [2.75, 3.05) is 6.61 Å². The van der Waals surface area contributed by atoms with Gasteiger partial charge < -0.3 is 14.6 Å². The van der Waals surface area contributed by atoms with E-state index in [1.165, 1.54) is 12.8 Å². The van der Waals surface area contributed by atoms with Crippen molar-refractivity contribution in [1.82, 2.24) is 20.1 Å². The van der Waals surface area contributed by atoms with Crippen molar-refractivity contribution in [3.63, 3.8) is 0 Å². The Morgan fingerprint density at radius 1 is 1.33 bits per heavy atom. The van der Waals surface area contributed by atoms with Crippen LogP contribution in [-0.2, 0) is 13.0 Å². The molecule has 0 unspecified atom stereocenters. The van der Waals surface area contributed by atoms with Crippen LogP contribution in [0.25, 0.3) is 0 Å². The standard InChI is InChI=1S/C18H22N4O2/c1-12(17-21-20-16-3-2-10-22(16)17)19-18(23)14-6-8-15(9-7-14)24-11-13-4-5-13/h6-9,12-13H,2-5,10-11H2,1H3,(H,19,23)/t12-/m1/s1. The van der Waals surface area contributed by atoms with Gasteiger partial charge in [-0.25, -0.2) is 0 Å². The van der Waals surface area contributed by atoms with Gasteiger partial charge in [0.15, 0.2) is 5.82 Å². The molecule has 0 bridgehead atoms. The van der Waals surface area contributed by atoms with E-state index >= 15 is 0 Å². The van der Waals surface area contributed by atoms with Gasteiger partial charge in [0, 0.05) is 18.5 Å². The predicted molar refractivity (Wildman–Crippen MR) is 88.9 cm³/mol. The molecule has 2 aliphatic rings. The maximum absolute atomic E-state index is 12.4. The molecule has 6 heteroatoms. The fraction of sp³-hybridized carbons (Fsp3) is 0.500. The SMILES string of the molecule is C[C@@H](NC(=O)c1ccc(OCC2CC2)cc1)c1nnc2n1CCC2. The topological polar surface area (TPSA) is 69.0 Å². The Hall–Kier alpha value is -2.37. The van der Waals surface area contributed by atoms with Crippen LogP contribution in [0.1, 0.15) is 54.2 Å². The van der Waals surface area contributed by atoms with Gasteiger partial charge in [0.1, 0.15) is 11.6 Å². The Bertz CT molecular complexity index is 734. The first-order valence-electron chi connectivity index (χ1n) is 8.66. The zero-order chi connectivity index (χ0) is 16.5. The lowest BCUT2D eigenvalue weighted by Crippen LogP contribution is -2.28. The van der Waals surface area contributed by atoms with E-state index in [-0.39, 0.29) is 11.9 Å². The molecule has 1 atom stereocenters. The van der Waals surface area contributed by atoms with Crippen molar-refractivity contribution in [3.8, 4) is 5.75 Å². The van der Waals surface area contributed by atoms with Gasteiger partial charge in [-0.1, -0.05) is 0 Å². The minimum absolute atomic E-state index is 0.105. The van der Waals surface area contributed by atoms with Crippen LogP contribution >= 0.6 is 0 Å². The molecule has 2 aromatic rings. The number of benzene rings is 1. The van der Waals surface area contributed by atoms with Crippen LogP contribution in [0.5, 0.6) is 5.75 Å². The summed E-state index contributed by atoms with van der Waals surface area (Å²) in [6.07, 6.45) is 4.60. The zero-order valence-corrected chi connectivity index (χ0v) is 13.9. The predicted octanol–water partition coefficient (Wildman–Crippen LogP) is 2.50. The highest BCUT2D eigenvalue weighted by Gasteiger charge is 2.23. The van der Waals surface area contributed by atoms with Crippen molar-refractivity contribution in [3.05, 3.63) is 41.5 Å². The summed E-state index contributed by atoms with van der Waals surface area (Å²) < 4.78 is 7.81. The molecule has 1 fully saturated rings. The number of hydrogen-bond acceptors (Lipinski definition) is 4. The van der Waals surface area contributed by atoms with Gasteiger partial charge in [-0.3, -0.25) is 4.79 Å². The molecule has 1 aromatic heterocycles. The first kappa shape index (κ1) is 15.2. The van der Waals surface area contributed by atoms with Gasteiger partial charge >= 0.3 is 0 Å². The molecule has 1 aliphatic heterocycles. The zero-order valence-electron chi connectivity index (χ0n) is 13.9. The monoisotopic (exact) mass is 326 g/mol. The first-order chi connectivity index (χ1) is 11.7. The smallest absolute Gasteiger partial charge is 0.251 e. The third-order valence-electron chi connectivity index (χ3n) is 4.67. The summed E-state index contributed by atoms with van der Waals surface area (Å²) >= 11 is 0. The summed E-state index contributed by atoms with van der Waals surface area (Å²) in [6, 6.07) is 7.16. The van der Waals surface area contributed by atoms with E-state index in [1.807, 2.05) is 19.1 Å². The normalized spacial score (nSPS) is 17.4. The molecule has 1 aliphatic carbocycles. The highest BCUT2D eigenvalue weighted by molar-refractivity contribution is 5.94. The molecule has 24 heavy (non-hydrogen) atoms. The average molecular weight is 326 g/mol. The molecule has 0 spiro atoms. The number of rotatable bonds is 6. The maximum atomic E-state index is 12.4. The van der Waals surface area contributed by atoms with Gasteiger partial charge in [0.05, 0.1) is 12.6 Å². The highest BCUT2D eigenvalue weighted by atomic mass is 16.5. The number of hydrogen-bond donors (Lipinski definition) is 1. The second-order valence-electron chi connectivity index (χ2n) is 6.70. The summed E-state index contributed by atoms with van der Waals surface area (Å²) in [6.45, 7) is 3.66. The van der Waals surface area contributed by atoms with Crippen molar-refractivity contribution in [2.45, 2.75) is 45.2 Å². The van der Waals surface area contributed by atoms with E-state index < -0.39 is 0 Å². The minimum Gasteiger partial charge on any atom is -0.493 e. The van der Waals surface area contributed by atoms with Gasteiger partial charge in [0.25, 0.3) is 5.91 Å². The third kappa shape index (κ3) is 3.13. The Morgan fingerprint density at radius 2 is 2.12 bits per heavy atom. The number of aryl methyl sites for hydroxylation is 1. The molecule has 1 saturated carbocycles. The van der Waals surface area contributed by atoms with E-state index in [1.54, 1.807) is 12.1 Å². The Labute approximate surface area is 141 Å². The summed E-state index contributed by atoms with van der Waals surface area (Å²) in [5.41, 5.74) is 0.627. The number of ether oxygens (including phenoxy) is 1. The van der Waals surface area contributed by atoms with Crippen LogP contribution in [0, 0.1) is 5.92 Å². The first-order valence-corrected chi connectivity index (χ1v) is 8.66. The lowest BCUT2D eigenvalue weighted by atomic mass is 10.2. The molecule has 1 N–H and O–H groups in total. The van der Waals surface area contributed by atoms with Crippen molar-refractivity contribution >= 4 is 5.91 Å². The molecular formula is C18H22N4O2. The molecule has 0 radical (unpaired) electrons. The van der Waals surface area contributed by atoms with Crippen LogP contribution in [-0.4, -0.2) is 27.3 Å². The second-order valence-corrected chi connectivity index (χ2v) is 6.70. The Morgan fingerprint density at radius 3 is 2.88 bits per heavy atom.